The molecule has 0 amide bonds. The third kappa shape index (κ3) is 2.19. The zero-order chi connectivity index (χ0) is 12.4. The lowest BCUT2D eigenvalue weighted by atomic mass is 10.4. The molecule has 0 spiro atoms. The van der Waals surface area contributed by atoms with E-state index < -0.39 is 0 Å². The van der Waals surface area contributed by atoms with Gasteiger partial charge in [0.15, 0.2) is 17.8 Å². The van der Waals surface area contributed by atoms with E-state index >= 15 is 0 Å². The molecule has 3 heterocycles. The van der Waals surface area contributed by atoms with Crippen LogP contribution in [0.25, 0.3) is 5.65 Å². The molecule has 0 bridgehead atoms. The highest BCUT2D eigenvalue weighted by Crippen LogP contribution is 2.16. The number of aromatic nitrogens is 5. The highest BCUT2D eigenvalue weighted by molar-refractivity contribution is 9.10. The minimum atomic E-state index is 0.594. The van der Waals surface area contributed by atoms with Crippen molar-refractivity contribution in [1.82, 2.24) is 24.5 Å². The predicted octanol–water partition coefficient (Wildman–Crippen LogP) is 1.53. The Balaban J connectivity index is 1.75. The van der Waals surface area contributed by atoms with Gasteiger partial charge in [-0.3, -0.25) is 0 Å². The van der Waals surface area contributed by atoms with E-state index in [9.17, 15) is 0 Å². The van der Waals surface area contributed by atoms with E-state index in [1.807, 2.05) is 16.8 Å². The highest BCUT2D eigenvalue weighted by atomic mass is 79.9. The van der Waals surface area contributed by atoms with Crippen LogP contribution >= 0.6 is 15.9 Å². The molecule has 0 saturated carbocycles. The first-order chi connectivity index (χ1) is 8.83. The van der Waals surface area contributed by atoms with Gasteiger partial charge in [-0.25, -0.2) is 9.97 Å². The second-order valence-corrected chi connectivity index (χ2v) is 4.39. The molecule has 0 aliphatic carbocycles. The van der Waals surface area contributed by atoms with Crippen LogP contribution < -0.4 is 5.32 Å². The van der Waals surface area contributed by atoms with Crippen LogP contribution in [0.3, 0.4) is 0 Å². The van der Waals surface area contributed by atoms with Crippen LogP contribution in [-0.2, 0) is 6.42 Å². The molecule has 0 aliphatic rings. The van der Waals surface area contributed by atoms with Gasteiger partial charge in [0.2, 0.25) is 5.89 Å². The maximum absolute atomic E-state index is 4.92. The molecule has 0 atom stereocenters. The zero-order valence-corrected chi connectivity index (χ0v) is 10.8. The van der Waals surface area contributed by atoms with Gasteiger partial charge < -0.3 is 14.2 Å². The van der Waals surface area contributed by atoms with Gasteiger partial charge in [-0.05, 0) is 15.9 Å². The predicted molar refractivity (Wildman–Crippen MR) is 67.2 cm³/mol. The monoisotopic (exact) mass is 308 g/mol. The van der Waals surface area contributed by atoms with Crippen LogP contribution in [-0.4, -0.2) is 31.1 Å². The Bertz CT molecular complexity index is 649. The zero-order valence-electron chi connectivity index (χ0n) is 9.25. The summed E-state index contributed by atoms with van der Waals surface area (Å²) in [6.07, 6.45) is 7.48. The Morgan fingerprint density at radius 2 is 2.33 bits per heavy atom. The average Bonchev–Trinajstić information content (AvgIpc) is 2.98. The molecule has 3 rings (SSSR count). The summed E-state index contributed by atoms with van der Waals surface area (Å²) in [7, 11) is 0. The number of anilines is 1. The van der Waals surface area contributed by atoms with E-state index in [-0.39, 0.29) is 0 Å². The standard InChI is InChI=1S/C10H9BrN6O/c11-7-5-17-4-3-13-10(17)9(16-7)12-2-1-8-14-6-15-18-8/h3-6H,1-2H2,(H,12,16). The summed E-state index contributed by atoms with van der Waals surface area (Å²) in [4.78, 5) is 12.5. The minimum Gasteiger partial charge on any atom is -0.366 e. The summed E-state index contributed by atoms with van der Waals surface area (Å²) in [5.41, 5.74) is 0.781. The van der Waals surface area contributed by atoms with Crippen molar-refractivity contribution in [3.8, 4) is 0 Å². The Labute approximate surface area is 110 Å². The smallest absolute Gasteiger partial charge is 0.228 e. The normalized spacial score (nSPS) is 10.9. The summed E-state index contributed by atoms with van der Waals surface area (Å²) in [5.74, 6) is 1.31. The summed E-state index contributed by atoms with van der Waals surface area (Å²) < 4.78 is 7.55. The Hall–Kier alpha value is -1.96. The molecule has 0 fully saturated rings. The van der Waals surface area contributed by atoms with E-state index in [1.165, 1.54) is 6.33 Å². The lowest BCUT2D eigenvalue weighted by Crippen LogP contribution is -2.08. The maximum atomic E-state index is 4.92. The van der Waals surface area contributed by atoms with Crippen LogP contribution in [0.1, 0.15) is 5.89 Å². The van der Waals surface area contributed by atoms with Gasteiger partial charge in [0.1, 0.15) is 4.60 Å². The summed E-state index contributed by atoms with van der Waals surface area (Å²) >= 11 is 3.36. The lowest BCUT2D eigenvalue weighted by Gasteiger charge is -2.06. The van der Waals surface area contributed by atoms with Crippen LogP contribution in [0.2, 0.25) is 0 Å². The van der Waals surface area contributed by atoms with Gasteiger partial charge in [-0.2, -0.15) is 4.98 Å². The van der Waals surface area contributed by atoms with E-state index in [2.05, 4.69) is 41.4 Å². The van der Waals surface area contributed by atoms with E-state index in [4.69, 9.17) is 4.52 Å². The molecular formula is C10H9BrN6O. The topological polar surface area (TPSA) is 81.1 Å². The molecule has 0 radical (unpaired) electrons. The SMILES string of the molecule is Brc1cn2ccnc2c(NCCc2ncno2)n1. The van der Waals surface area contributed by atoms with Crippen molar-refractivity contribution in [2.24, 2.45) is 0 Å². The van der Waals surface area contributed by atoms with Crippen molar-refractivity contribution in [1.29, 1.82) is 0 Å². The number of hydrogen-bond donors (Lipinski definition) is 1. The van der Waals surface area contributed by atoms with Crippen molar-refractivity contribution in [2.45, 2.75) is 6.42 Å². The van der Waals surface area contributed by atoms with Crippen molar-refractivity contribution in [3.63, 3.8) is 0 Å². The van der Waals surface area contributed by atoms with E-state index in [1.54, 1.807) is 6.20 Å². The second kappa shape index (κ2) is 4.73. The molecule has 0 aromatic carbocycles. The van der Waals surface area contributed by atoms with Gasteiger partial charge >= 0.3 is 0 Å². The minimum absolute atomic E-state index is 0.594. The molecule has 8 heteroatoms. The maximum Gasteiger partial charge on any atom is 0.228 e. The Morgan fingerprint density at radius 1 is 1.39 bits per heavy atom. The third-order valence-corrected chi connectivity index (χ3v) is 2.77. The first-order valence-electron chi connectivity index (χ1n) is 5.31. The van der Waals surface area contributed by atoms with Crippen molar-refractivity contribution in [2.75, 3.05) is 11.9 Å². The van der Waals surface area contributed by atoms with Crippen LogP contribution in [0.5, 0.6) is 0 Å². The molecule has 0 saturated heterocycles. The second-order valence-electron chi connectivity index (χ2n) is 3.58. The fourth-order valence-corrected chi connectivity index (χ4v) is 2.01. The molecule has 92 valence electrons. The number of rotatable bonds is 4. The molecule has 18 heavy (non-hydrogen) atoms. The Kier molecular flexibility index (Phi) is 2.93. The van der Waals surface area contributed by atoms with Crippen LogP contribution in [0.4, 0.5) is 5.82 Å². The third-order valence-electron chi connectivity index (χ3n) is 2.38. The molecule has 3 aromatic heterocycles. The number of nitrogens with one attached hydrogen (secondary N) is 1. The van der Waals surface area contributed by atoms with Crippen molar-refractivity contribution >= 4 is 27.4 Å². The highest BCUT2D eigenvalue weighted by Gasteiger charge is 2.06. The summed E-state index contributed by atoms with van der Waals surface area (Å²) in [6.45, 7) is 0.647. The van der Waals surface area contributed by atoms with Crippen molar-refractivity contribution in [3.05, 3.63) is 35.4 Å². The van der Waals surface area contributed by atoms with E-state index in [0.717, 1.165) is 10.3 Å². The Morgan fingerprint density at radius 3 is 3.17 bits per heavy atom. The number of imidazole rings is 1. The number of hydrogen-bond acceptors (Lipinski definition) is 6. The van der Waals surface area contributed by atoms with Gasteiger partial charge in [0.05, 0.1) is 0 Å². The van der Waals surface area contributed by atoms with Crippen LogP contribution in [0, 0.1) is 0 Å². The summed E-state index contributed by atoms with van der Waals surface area (Å²) in [6, 6.07) is 0. The molecule has 0 unspecified atom stereocenters. The number of halogens is 1. The molecular weight excluding hydrogens is 300 g/mol. The first-order valence-corrected chi connectivity index (χ1v) is 6.11. The molecule has 7 nitrogen and oxygen atoms in total. The van der Waals surface area contributed by atoms with Gasteiger partial charge in [0.25, 0.3) is 0 Å². The fourth-order valence-electron chi connectivity index (χ4n) is 1.61. The molecule has 3 aromatic rings. The van der Waals surface area contributed by atoms with Gasteiger partial charge in [-0.15, -0.1) is 0 Å². The fraction of sp³-hybridized carbons (Fsp3) is 0.200. The van der Waals surface area contributed by atoms with Gasteiger partial charge in [0, 0.05) is 31.6 Å². The summed E-state index contributed by atoms with van der Waals surface area (Å²) in [5, 5.41) is 6.75. The van der Waals surface area contributed by atoms with Gasteiger partial charge in [-0.1, -0.05) is 5.16 Å². The lowest BCUT2D eigenvalue weighted by molar-refractivity contribution is 0.379. The largest absolute Gasteiger partial charge is 0.366 e. The van der Waals surface area contributed by atoms with E-state index in [0.29, 0.717) is 24.7 Å². The first kappa shape index (κ1) is 11.1. The number of nitrogens with zero attached hydrogens (tertiary/aromatic N) is 5. The quantitative estimate of drug-likeness (QED) is 0.787. The van der Waals surface area contributed by atoms with Crippen molar-refractivity contribution < 1.29 is 4.52 Å². The molecule has 1 N–H and O–H groups in total. The average molecular weight is 309 g/mol. The van der Waals surface area contributed by atoms with Crippen LogP contribution in [0.15, 0.2) is 34.0 Å². The number of fused-ring (bicyclic) bond motifs is 1. The molecule has 0 aliphatic heterocycles.